The second-order valence-electron chi connectivity index (χ2n) is 12.6. The van der Waals surface area contributed by atoms with Gasteiger partial charge in [-0.3, -0.25) is 13.9 Å². The minimum atomic E-state index is -4.21. The van der Waals surface area contributed by atoms with E-state index in [0.717, 1.165) is 10.8 Å². The van der Waals surface area contributed by atoms with E-state index in [2.05, 4.69) is 20.0 Å². The summed E-state index contributed by atoms with van der Waals surface area (Å²) in [7, 11) is -2.71. The number of nitrogens with one attached hydrogen (secondary N) is 1. The Morgan fingerprint density at radius 1 is 1.10 bits per heavy atom. The molecule has 14 nitrogen and oxygen atoms in total. The summed E-state index contributed by atoms with van der Waals surface area (Å²) in [5, 5.41) is 4.60. The predicted molar refractivity (Wildman–Crippen MR) is 190 cm³/mol. The fourth-order valence-electron chi connectivity index (χ4n) is 6.21. The third kappa shape index (κ3) is 8.38. The summed E-state index contributed by atoms with van der Waals surface area (Å²) in [5.41, 5.74) is 6.94. The molecule has 0 radical (unpaired) electrons. The molecule has 2 fully saturated rings. The van der Waals surface area contributed by atoms with Crippen molar-refractivity contribution < 1.29 is 37.4 Å². The number of imidazole rings is 1. The lowest BCUT2D eigenvalue weighted by Crippen LogP contribution is -2.43. The molecule has 0 aliphatic carbocycles. The van der Waals surface area contributed by atoms with Gasteiger partial charge in [-0.15, -0.1) is 0 Å². The van der Waals surface area contributed by atoms with Crippen molar-refractivity contribution >= 4 is 41.6 Å². The molecule has 0 spiro atoms. The number of rotatable bonds is 12. The van der Waals surface area contributed by atoms with Gasteiger partial charge in [0.2, 0.25) is 11.8 Å². The van der Waals surface area contributed by atoms with Gasteiger partial charge in [0.1, 0.15) is 29.9 Å². The van der Waals surface area contributed by atoms with Crippen LogP contribution in [0.25, 0.3) is 21.9 Å². The summed E-state index contributed by atoms with van der Waals surface area (Å²) in [4.78, 5) is 26.6. The normalized spacial score (nSPS) is 21.4. The number of nitrogen functional groups attached to an aromatic ring is 1. The van der Waals surface area contributed by atoms with Crippen molar-refractivity contribution in [1.82, 2.24) is 24.6 Å². The summed E-state index contributed by atoms with van der Waals surface area (Å²) in [6, 6.07) is 12.1. The first-order chi connectivity index (χ1) is 24.0. The van der Waals surface area contributed by atoms with Gasteiger partial charge in [-0.1, -0.05) is 71.0 Å². The highest BCUT2D eigenvalue weighted by atomic mass is 31.2. The van der Waals surface area contributed by atoms with Crippen molar-refractivity contribution in [3.63, 3.8) is 0 Å². The zero-order chi connectivity index (χ0) is 36.0. The van der Waals surface area contributed by atoms with Crippen LogP contribution in [0.2, 0.25) is 0 Å². The summed E-state index contributed by atoms with van der Waals surface area (Å²) in [5.74, 6) is 0.525. The van der Waals surface area contributed by atoms with E-state index in [1.165, 1.54) is 7.11 Å². The van der Waals surface area contributed by atoms with Crippen LogP contribution in [0, 0.1) is 18.8 Å². The molecule has 2 aliphatic rings. The lowest BCUT2D eigenvalue weighted by Gasteiger charge is -2.29. The van der Waals surface area contributed by atoms with Crippen LogP contribution in [0.5, 0.6) is 11.6 Å². The lowest BCUT2D eigenvalue weighted by atomic mass is 10.1. The number of methoxy groups -OCH3 is 1. The van der Waals surface area contributed by atoms with E-state index >= 15 is 0 Å². The van der Waals surface area contributed by atoms with Crippen molar-refractivity contribution in [2.45, 2.75) is 85.3 Å². The molecule has 2 saturated heterocycles. The van der Waals surface area contributed by atoms with Gasteiger partial charge in [0.05, 0.1) is 33.0 Å². The number of esters is 1. The largest absolute Gasteiger partial charge is 0.479 e. The van der Waals surface area contributed by atoms with Crippen LogP contribution < -0.4 is 20.1 Å². The number of nitrogens with zero attached hydrogens (tertiary/aromatic N) is 4. The number of nitrogens with two attached hydrogens (primary N) is 1. The van der Waals surface area contributed by atoms with Crippen molar-refractivity contribution in [2.24, 2.45) is 11.8 Å². The fraction of sp³-hybridized carbons (Fsp3) is 0.543. The molecular formula is C35H49N6O8P. The average Bonchev–Trinajstić information content (AvgIpc) is 3.64. The van der Waals surface area contributed by atoms with E-state index in [0.29, 0.717) is 55.2 Å². The first kappa shape index (κ1) is 37.4. The van der Waals surface area contributed by atoms with Gasteiger partial charge in [0.15, 0.2) is 11.2 Å². The highest BCUT2D eigenvalue weighted by molar-refractivity contribution is 7.52. The number of hydrogen-bond donors (Lipinski definition) is 2. The first-order valence-corrected chi connectivity index (χ1v) is 18.8. The van der Waals surface area contributed by atoms with Crippen molar-refractivity contribution in [3.05, 3.63) is 48.3 Å². The Bertz CT molecular complexity index is 1810. The summed E-state index contributed by atoms with van der Waals surface area (Å²) >= 11 is 0. The predicted octanol–water partition coefficient (Wildman–Crippen LogP) is 6.37. The maximum atomic E-state index is 14.7. The fourth-order valence-corrected chi connectivity index (χ4v) is 7.92. The van der Waals surface area contributed by atoms with Gasteiger partial charge in [0, 0.05) is 24.1 Å². The van der Waals surface area contributed by atoms with Gasteiger partial charge < -0.3 is 29.2 Å². The van der Waals surface area contributed by atoms with Crippen LogP contribution in [0.3, 0.4) is 0 Å². The van der Waals surface area contributed by atoms with E-state index in [-0.39, 0.29) is 36.4 Å². The Balaban J connectivity index is 0.00000239. The Kier molecular flexibility index (Phi) is 12.3. The molecule has 272 valence electrons. The van der Waals surface area contributed by atoms with Gasteiger partial charge in [-0.25, -0.2) is 9.55 Å². The minimum absolute atomic E-state index is 0.000998. The highest BCUT2D eigenvalue weighted by Crippen LogP contribution is 2.48. The number of aromatic nitrogens is 4. The van der Waals surface area contributed by atoms with Crippen LogP contribution in [0.15, 0.2) is 42.5 Å². The zero-order valence-electron chi connectivity index (χ0n) is 29.8. The number of hydrogen-bond acceptors (Lipinski definition) is 12. The van der Waals surface area contributed by atoms with Crippen LogP contribution >= 0.6 is 7.75 Å². The molecule has 5 unspecified atom stereocenters. The summed E-state index contributed by atoms with van der Waals surface area (Å²) < 4.78 is 52.1. The standard InChI is InChI=1S/C33H43N6O8P.C2H6/c1-19(2)27(32(40)46-23-13-15-43-16-14-23)38-48(41,47-26-12-8-10-22-9-6-7-11-25(22)26)44-18-24-17-20(3)31(45-24)39-21(4)35-28-29(39)36-33(34)37-30(28)42-5;1-2/h6-12,19-20,23-24,27,31H,13-18H2,1-5H3,(H,38,41)(H2,34,36,37);1-2H3. The number of anilines is 1. The number of carbonyl (C=O) groups excluding carboxylic acids is 1. The van der Waals surface area contributed by atoms with Gasteiger partial charge in [0.25, 0.3) is 0 Å². The number of aryl methyl sites for hydroxylation is 1. The monoisotopic (exact) mass is 712 g/mol. The Morgan fingerprint density at radius 2 is 1.82 bits per heavy atom. The highest BCUT2D eigenvalue weighted by Gasteiger charge is 2.41. The molecule has 2 aromatic carbocycles. The molecular weight excluding hydrogens is 663 g/mol. The van der Waals surface area contributed by atoms with Crippen LogP contribution in [-0.4, -0.2) is 70.7 Å². The van der Waals surface area contributed by atoms with E-state index in [9.17, 15) is 9.36 Å². The molecule has 5 atom stereocenters. The molecule has 3 N–H and O–H groups in total. The number of carbonyl (C=O) groups is 1. The SMILES string of the molecule is CC.COc1nc(N)nc2c1nc(C)n2C1OC(COP(=O)(NC(C(=O)OC2CCOCC2)C(C)C)Oc2cccc3ccccc23)CC1C. The average molecular weight is 713 g/mol. The Hall–Kier alpha value is -3.81. The third-order valence-electron chi connectivity index (χ3n) is 8.67. The van der Waals surface area contributed by atoms with E-state index in [1.54, 1.807) is 6.07 Å². The minimum Gasteiger partial charge on any atom is -0.479 e. The van der Waals surface area contributed by atoms with Gasteiger partial charge >= 0.3 is 13.7 Å². The molecule has 15 heteroatoms. The van der Waals surface area contributed by atoms with E-state index < -0.39 is 32.1 Å². The molecule has 0 amide bonds. The van der Waals surface area contributed by atoms with Gasteiger partial charge in [-0.2, -0.15) is 15.1 Å². The molecule has 0 bridgehead atoms. The summed E-state index contributed by atoms with van der Waals surface area (Å²) in [6.45, 7) is 12.5. The lowest BCUT2D eigenvalue weighted by molar-refractivity contribution is -0.156. The topological polar surface area (TPSA) is 171 Å². The molecule has 6 rings (SSSR count). The second kappa shape index (κ2) is 16.5. The molecule has 4 aromatic rings. The number of ether oxygens (including phenoxy) is 4. The number of benzene rings is 2. The number of fused-ring (bicyclic) bond motifs is 2. The Labute approximate surface area is 292 Å². The van der Waals surface area contributed by atoms with Crippen LogP contribution in [-0.2, 0) is 28.1 Å². The smallest absolute Gasteiger partial charge is 0.459 e. The molecule has 2 aromatic heterocycles. The first-order valence-electron chi connectivity index (χ1n) is 17.2. The molecule has 50 heavy (non-hydrogen) atoms. The van der Waals surface area contributed by atoms with Crippen molar-refractivity contribution in [3.8, 4) is 11.6 Å². The Morgan fingerprint density at radius 3 is 2.54 bits per heavy atom. The van der Waals surface area contributed by atoms with Crippen LogP contribution in [0.1, 0.15) is 65.9 Å². The van der Waals surface area contributed by atoms with E-state index in [1.807, 2.05) is 82.5 Å². The van der Waals surface area contributed by atoms with E-state index in [4.69, 9.17) is 33.7 Å². The molecule has 0 saturated carbocycles. The molecule has 2 aliphatic heterocycles. The van der Waals surface area contributed by atoms with Crippen molar-refractivity contribution in [2.75, 3.05) is 32.7 Å². The zero-order valence-corrected chi connectivity index (χ0v) is 30.7. The molecule has 4 heterocycles. The quantitative estimate of drug-likeness (QED) is 0.123. The summed E-state index contributed by atoms with van der Waals surface area (Å²) in [6.07, 6.45) is 0.573. The van der Waals surface area contributed by atoms with Gasteiger partial charge in [-0.05, 0) is 30.7 Å². The second-order valence-corrected chi connectivity index (χ2v) is 14.3. The third-order valence-corrected chi connectivity index (χ3v) is 10.2. The van der Waals surface area contributed by atoms with Crippen LogP contribution in [0.4, 0.5) is 5.95 Å². The maximum absolute atomic E-state index is 14.7. The maximum Gasteiger partial charge on any atom is 0.459 e. The van der Waals surface area contributed by atoms with Crippen molar-refractivity contribution in [1.29, 1.82) is 0 Å².